The lowest BCUT2D eigenvalue weighted by Gasteiger charge is -2.20. The Kier molecular flexibility index (Phi) is 7.76. The molecule has 30 heavy (non-hydrogen) atoms. The first kappa shape index (κ1) is 25.2. The van der Waals surface area contributed by atoms with E-state index in [-0.39, 0.29) is 0 Å². The second-order valence-electron chi connectivity index (χ2n) is 5.66. The van der Waals surface area contributed by atoms with E-state index in [9.17, 15) is 33.3 Å². The number of methoxy groups -OCH3 is 1. The molecule has 0 bridgehead atoms. The van der Waals surface area contributed by atoms with Crippen molar-refractivity contribution in [3.8, 4) is 0 Å². The summed E-state index contributed by atoms with van der Waals surface area (Å²) in [6, 6.07) is 0.971. The Morgan fingerprint density at radius 1 is 1.13 bits per heavy atom. The summed E-state index contributed by atoms with van der Waals surface area (Å²) in [5.41, 5.74) is -1.65. The highest BCUT2D eigenvalue weighted by molar-refractivity contribution is 7.66. The molecule has 0 saturated carbocycles. The normalized spacial score (nSPS) is 28.7. The standard InChI is InChI=1S/C10H17N2O15P3/c1-23-8-5(4-24-29(19,20)27-30(21,22)26-28(16,17)18)25-9(7(8)14)12-3-2-6(13)11-10(12)15/h2-3,5,7-9,14H,4H2,1H3,(H,19,20)(H,21,22)(H,11,13,15)(H2,16,17,18)/t5-,7+,8?,9-/m1/s1. The number of aromatic nitrogens is 2. The van der Waals surface area contributed by atoms with Crippen molar-refractivity contribution in [3.05, 3.63) is 33.1 Å². The summed E-state index contributed by atoms with van der Waals surface area (Å²) >= 11 is 0. The van der Waals surface area contributed by atoms with Gasteiger partial charge < -0.3 is 34.2 Å². The van der Waals surface area contributed by atoms with E-state index in [0.29, 0.717) is 0 Å². The van der Waals surface area contributed by atoms with Crippen molar-refractivity contribution in [2.45, 2.75) is 24.5 Å². The third-order valence-electron chi connectivity index (χ3n) is 3.52. The average Bonchev–Trinajstić information content (AvgIpc) is 2.85. The Hall–Kier alpha value is -1.03. The van der Waals surface area contributed by atoms with Gasteiger partial charge in [0.15, 0.2) is 6.23 Å². The zero-order valence-corrected chi connectivity index (χ0v) is 17.5. The molecule has 1 aliphatic heterocycles. The molecule has 17 nitrogen and oxygen atoms in total. The van der Waals surface area contributed by atoms with Crippen LogP contribution < -0.4 is 11.2 Å². The van der Waals surface area contributed by atoms with Gasteiger partial charge >= 0.3 is 29.2 Å². The van der Waals surface area contributed by atoms with Crippen LogP contribution in [-0.2, 0) is 36.3 Å². The number of nitrogens with zero attached hydrogens (tertiary/aromatic N) is 1. The van der Waals surface area contributed by atoms with Crippen LogP contribution in [0.1, 0.15) is 6.23 Å². The largest absolute Gasteiger partial charge is 0.490 e. The zero-order chi connectivity index (χ0) is 22.9. The second kappa shape index (κ2) is 9.22. The Morgan fingerprint density at radius 3 is 2.30 bits per heavy atom. The first-order valence-corrected chi connectivity index (χ1v) is 12.1. The van der Waals surface area contributed by atoms with Crippen molar-refractivity contribution < 1.29 is 61.0 Å². The van der Waals surface area contributed by atoms with E-state index < -0.39 is 65.9 Å². The van der Waals surface area contributed by atoms with Crippen LogP contribution in [0.5, 0.6) is 0 Å². The summed E-state index contributed by atoms with van der Waals surface area (Å²) in [5.74, 6) is 0. The Morgan fingerprint density at radius 2 is 1.77 bits per heavy atom. The molecular formula is C10H17N2O15P3. The number of rotatable bonds is 9. The number of hydrogen-bond acceptors (Lipinski definition) is 11. The number of aromatic amines is 1. The van der Waals surface area contributed by atoms with Gasteiger partial charge in [-0.05, 0) is 0 Å². The Balaban J connectivity index is 2.11. The maximum atomic E-state index is 11.9. The highest BCUT2D eigenvalue weighted by atomic mass is 31.3. The van der Waals surface area contributed by atoms with Crippen molar-refractivity contribution in [1.82, 2.24) is 9.55 Å². The third kappa shape index (κ3) is 6.73. The molecule has 6 atom stereocenters. The Labute approximate surface area is 166 Å². The predicted molar refractivity (Wildman–Crippen MR) is 91.9 cm³/mol. The van der Waals surface area contributed by atoms with Crippen LogP contribution >= 0.6 is 23.5 Å². The van der Waals surface area contributed by atoms with Gasteiger partial charge in [-0.1, -0.05) is 0 Å². The van der Waals surface area contributed by atoms with Crippen LogP contribution in [0, 0.1) is 0 Å². The van der Waals surface area contributed by atoms with Gasteiger partial charge in [-0.25, -0.2) is 18.5 Å². The molecule has 1 aromatic rings. The van der Waals surface area contributed by atoms with E-state index in [1.165, 1.54) is 0 Å². The number of nitrogens with one attached hydrogen (secondary N) is 1. The lowest BCUT2D eigenvalue weighted by molar-refractivity contribution is -0.0560. The molecule has 2 rings (SSSR count). The van der Waals surface area contributed by atoms with E-state index in [1.807, 2.05) is 4.98 Å². The van der Waals surface area contributed by atoms with Gasteiger partial charge in [-0.3, -0.25) is 18.9 Å². The number of H-pyrrole nitrogens is 1. The third-order valence-corrected chi connectivity index (χ3v) is 7.33. The fraction of sp³-hybridized carbons (Fsp3) is 0.600. The minimum absolute atomic E-state index is 0.712. The molecule has 0 amide bonds. The molecule has 1 aromatic heterocycles. The molecular weight excluding hydrogens is 481 g/mol. The molecule has 6 N–H and O–H groups in total. The van der Waals surface area contributed by atoms with Crippen LogP contribution in [0.3, 0.4) is 0 Å². The topological polar surface area (TPSA) is 253 Å². The monoisotopic (exact) mass is 498 g/mol. The minimum Gasteiger partial charge on any atom is -0.386 e. The van der Waals surface area contributed by atoms with Gasteiger partial charge in [-0.15, -0.1) is 0 Å². The van der Waals surface area contributed by atoms with E-state index in [1.54, 1.807) is 0 Å². The SMILES string of the molecule is COC1[C@@H](COP(=O)(O)OP(=O)(O)OP(=O)(O)O)O[C@@H](n2ccc(=O)[nH]c2=O)[C@H]1O. The number of ether oxygens (including phenoxy) is 2. The maximum absolute atomic E-state index is 11.9. The van der Waals surface area contributed by atoms with Crippen molar-refractivity contribution in [2.75, 3.05) is 13.7 Å². The smallest absolute Gasteiger partial charge is 0.386 e. The lowest BCUT2D eigenvalue weighted by Crippen LogP contribution is -2.38. The number of phosphoric ester groups is 1. The van der Waals surface area contributed by atoms with Crippen molar-refractivity contribution in [2.24, 2.45) is 0 Å². The van der Waals surface area contributed by atoms with Gasteiger partial charge in [0.25, 0.3) is 5.56 Å². The Bertz CT molecular complexity index is 1010. The van der Waals surface area contributed by atoms with Crippen molar-refractivity contribution >= 4 is 23.5 Å². The number of aliphatic hydroxyl groups excluding tert-OH is 1. The van der Waals surface area contributed by atoms with Gasteiger partial charge in [0.05, 0.1) is 6.61 Å². The maximum Gasteiger partial charge on any atom is 0.490 e. The van der Waals surface area contributed by atoms with Crippen LogP contribution in [0.15, 0.2) is 21.9 Å². The summed E-state index contributed by atoms with van der Waals surface area (Å²) in [6.45, 7) is -0.909. The molecule has 1 saturated heterocycles. The predicted octanol–water partition coefficient (Wildman–Crippen LogP) is -1.85. The van der Waals surface area contributed by atoms with Crippen molar-refractivity contribution in [3.63, 3.8) is 0 Å². The summed E-state index contributed by atoms with van der Waals surface area (Å²) in [5, 5.41) is 10.3. The second-order valence-corrected chi connectivity index (χ2v) is 10.1. The van der Waals surface area contributed by atoms with Crippen LogP contribution in [0.4, 0.5) is 0 Å². The highest BCUT2D eigenvalue weighted by Gasteiger charge is 2.47. The van der Waals surface area contributed by atoms with E-state index in [4.69, 9.17) is 24.2 Å². The van der Waals surface area contributed by atoms with Crippen LogP contribution in [0.2, 0.25) is 0 Å². The summed E-state index contributed by atoms with van der Waals surface area (Å²) < 4.78 is 56.4. The van der Waals surface area contributed by atoms with Crippen LogP contribution in [0.25, 0.3) is 0 Å². The number of aliphatic hydroxyl groups is 1. The van der Waals surface area contributed by atoms with Gasteiger partial charge in [0, 0.05) is 19.4 Å². The molecule has 1 fully saturated rings. The molecule has 1 aliphatic rings. The van der Waals surface area contributed by atoms with Gasteiger partial charge in [0.2, 0.25) is 0 Å². The fourth-order valence-corrected chi connectivity index (χ4v) is 5.50. The zero-order valence-electron chi connectivity index (χ0n) is 14.8. The number of phosphoric acid groups is 3. The van der Waals surface area contributed by atoms with Gasteiger partial charge in [-0.2, -0.15) is 8.62 Å². The number of hydrogen-bond donors (Lipinski definition) is 6. The molecule has 0 aromatic carbocycles. The molecule has 0 aliphatic carbocycles. The van der Waals surface area contributed by atoms with E-state index in [2.05, 4.69) is 13.1 Å². The molecule has 3 unspecified atom stereocenters. The summed E-state index contributed by atoms with van der Waals surface area (Å²) in [7, 11) is -15.6. The first-order chi connectivity index (χ1) is 13.6. The van der Waals surface area contributed by atoms with Crippen molar-refractivity contribution in [1.29, 1.82) is 0 Å². The summed E-state index contributed by atoms with van der Waals surface area (Å²) in [6.07, 6.45) is -4.48. The highest BCUT2D eigenvalue weighted by Crippen LogP contribution is 2.66. The molecule has 0 spiro atoms. The molecule has 20 heteroatoms. The first-order valence-electron chi connectivity index (χ1n) is 7.60. The van der Waals surface area contributed by atoms with E-state index >= 15 is 0 Å². The lowest BCUT2D eigenvalue weighted by atomic mass is 10.1. The fourth-order valence-electron chi connectivity index (χ4n) is 2.47. The molecule has 0 radical (unpaired) electrons. The average molecular weight is 498 g/mol. The quantitative estimate of drug-likeness (QED) is 0.204. The van der Waals surface area contributed by atoms with Crippen LogP contribution in [-0.4, -0.2) is 66.3 Å². The summed E-state index contributed by atoms with van der Waals surface area (Å²) in [4.78, 5) is 60.5. The molecule has 2 heterocycles. The van der Waals surface area contributed by atoms with Gasteiger partial charge in [0.1, 0.15) is 18.3 Å². The molecule has 172 valence electrons. The minimum atomic E-state index is -5.70. The van der Waals surface area contributed by atoms with E-state index in [0.717, 1.165) is 23.9 Å².